The molecule has 2 N–H and O–H groups in total. The van der Waals surface area contributed by atoms with Crippen molar-refractivity contribution in [3.05, 3.63) is 0 Å². The second kappa shape index (κ2) is 9.32. The van der Waals surface area contributed by atoms with Crippen LogP contribution in [0.2, 0.25) is 0 Å². The predicted octanol–water partition coefficient (Wildman–Crippen LogP) is 1.76. The molecule has 19 heavy (non-hydrogen) atoms. The summed E-state index contributed by atoms with van der Waals surface area (Å²) in [6, 6.07) is 1.26. The Kier molecular flexibility index (Phi) is 8.07. The number of piperidine rings is 1. The van der Waals surface area contributed by atoms with Crippen molar-refractivity contribution in [3.8, 4) is 0 Å². The molecule has 1 fully saturated rings. The molecule has 0 aromatic rings. The summed E-state index contributed by atoms with van der Waals surface area (Å²) in [6.45, 7) is 7.17. The highest BCUT2D eigenvalue weighted by molar-refractivity contribution is 5.77. The van der Waals surface area contributed by atoms with Gasteiger partial charge in [-0.3, -0.25) is 9.69 Å². The molecular formula is C15H31N3O. The van der Waals surface area contributed by atoms with Crippen LogP contribution in [0.15, 0.2) is 0 Å². The van der Waals surface area contributed by atoms with Crippen LogP contribution in [0.4, 0.5) is 0 Å². The lowest BCUT2D eigenvalue weighted by molar-refractivity contribution is -0.122. The first kappa shape index (κ1) is 16.4. The second-order valence-electron chi connectivity index (χ2n) is 5.79. The van der Waals surface area contributed by atoms with E-state index in [0.717, 1.165) is 25.9 Å². The number of hydrogen-bond acceptors (Lipinski definition) is 3. The Hall–Kier alpha value is -0.610. The maximum Gasteiger partial charge on any atom is 0.233 e. The molecule has 0 aromatic heterocycles. The molecule has 0 bridgehead atoms. The zero-order chi connectivity index (χ0) is 14.1. The molecule has 1 unspecified atom stereocenters. The molecule has 0 spiro atoms. The lowest BCUT2D eigenvalue weighted by atomic mass is 10.0. The van der Waals surface area contributed by atoms with Gasteiger partial charge in [0.2, 0.25) is 5.91 Å². The molecule has 1 heterocycles. The average molecular weight is 269 g/mol. The molecule has 1 amide bonds. The molecule has 1 aliphatic rings. The van der Waals surface area contributed by atoms with Crippen molar-refractivity contribution < 1.29 is 4.79 Å². The normalized spacial score (nSPS) is 19.3. The minimum Gasteiger partial charge on any atom is -0.358 e. The zero-order valence-electron chi connectivity index (χ0n) is 12.9. The fourth-order valence-electron chi connectivity index (χ4n) is 2.73. The Balaban J connectivity index is 2.13. The van der Waals surface area contributed by atoms with Gasteiger partial charge in [0, 0.05) is 32.2 Å². The van der Waals surface area contributed by atoms with E-state index in [1.165, 1.54) is 25.7 Å². The number of rotatable bonds is 8. The van der Waals surface area contributed by atoms with Gasteiger partial charge in [0.05, 0.1) is 6.54 Å². The molecule has 0 aromatic carbocycles. The summed E-state index contributed by atoms with van der Waals surface area (Å²) >= 11 is 0. The Morgan fingerprint density at radius 2 is 2.00 bits per heavy atom. The van der Waals surface area contributed by atoms with Crippen LogP contribution in [-0.4, -0.2) is 49.6 Å². The number of amides is 1. The van der Waals surface area contributed by atoms with Crippen molar-refractivity contribution in [3.63, 3.8) is 0 Å². The van der Waals surface area contributed by atoms with Gasteiger partial charge in [0.15, 0.2) is 0 Å². The van der Waals surface area contributed by atoms with Crippen LogP contribution in [0, 0.1) is 0 Å². The Bertz CT molecular complexity index is 250. The van der Waals surface area contributed by atoms with Crippen LogP contribution in [0.3, 0.4) is 0 Å². The van der Waals surface area contributed by atoms with Gasteiger partial charge < -0.3 is 10.6 Å². The first-order valence-corrected chi connectivity index (χ1v) is 7.84. The summed E-state index contributed by atoms with van der Waals surface area (Å²) in [6.07, 6.45) is 7.58. The molecule has 1 aliphatic heterocycles. The van der Waals surface area contributed by atoms with Crippen LogP contribution in [0.1, 0.15) is 52.4 Å². The van der Waals surface area contributed by atoms with E-state index in [4.69, 9.17) is 0 Å². The average Bonchev–Trinajstić information content (AvgIpc) is 2.41. The van der Waals surface area contributed by atoms with Crippen LogP contribution in [0.5, 0.6) is 0 Å². The summed E-state index contributed by atoms with van der Waals surface area (Å²) in [5.74, 6) is 0.124. The number of nitrogens with one attached hydrogen (secondary N) is 2. The molecule has 1 rings (SSSR count). The van der Waals surface area contributed by atoms with Gasteiger partial charge in [0.25, 0.3) is 0 Å². The van der Waals surface area contributed by atoms with E-state index in [0.29, 0.717) is 18.6 Å². The molecule has 0 radical (unpaired) electrons. The van der Waals surface area contributed by atoms with Crippen LogP contribution < -0.4 is 10.6 Å². The van der Waals surface area contributed by atoms with Gasteiger partial charge in [-0.2, -0.15) is 0 Å². The first-order valence-electron chi connectivity index (χ1n) is 7.84. The number of carbonyl (C=O) groups excluding carboxylic acids is 1. The molecule has 4 nitrogen and oxygen atoms in total. The Morgan fingerprint density at radius 3 is 2.58 bits per heavy atom. The monoisotopic (exact) mass is 269 g/mol. The molecule has 0 aliphatic carbocycles. The van der Waals surface area contributed by atoms with E-state index in [2.05, 4.69) is 29.4 Å². The van der Waals surface area contributed by atoms with Crippen LogP contribution in [0.25, 0.3) is 0 Å². The summed E-state index contributed by atoms with van der Waals surface area (Å²) in [5, 5.41) is 6.43. The minimum absolute atomic E-state index is 0.124. The number of unbranched alkanes of at least 4 members (excludes halogenated alkanes) is 2. The quantitative estimate of drug-likeness (QED) is 0.660. The first-order chi connectivity index (χ1) is 9.15. The molecule has 112 valence electrons. The highest BCUT2D eigenvalue weighted by Crippen LogP contribution is 2.12. The third-order valence-corrected chi connectivity index (χ3v) is 3.99. The lowest BCUT2D eigenvalue weighted by Gasteiger charge is -2.33. The van der Waals surface area contributed by atoms with Gasteiger partial charge in [-0.25, -0.2) is 0 Å². The number of likely N-dealkylation sites (tertiary alicyclic amines) is 1. The molecule has 1 atom stereocenters. The van der Waals surface area contributed by atoms with Crippen molar-refractivity contribution >= 4 is 5.91 Å². The van der Waals surface area contributed by atoms with E-state index < -0.39 is 0 Å². The van der Waals surface area contributed by atoms with Gasteiger partial charge >= 0.3 is 0 Å². The zero-order valence-corrected chi connectivity index (χ0v) is 12.9. The van der Waals surface area contributed by atoms with Crippen molar-refractivity contribution in [1.82, 2.24) is 15.5 Å². The van der Waals surface area contributed by atoms with Crippen molar-refractivity contribution in [2.24, 2.45) is 0 Å². The summed E-state index contributed by atoms with van der Waals surface area (Å²) in [4.78, 5) is 13.6. The van der Waals surface area contributed by atoms with E-state index >= 15 is 0 Å². The fourth-order valence-corrected chi connectivity index (χ4v) is 2.73. The Labute approximate surface area is 118 Å². The van der Waals surface area contributed by atoms with Crippen molar-refractivity contribution in [2.75, 3.05) is 26.7 Å². The lowest BCUT2D eigenvalue weighted by Crippen LogP contribution is -2.47. The van der Waals surface area contributed by atoms with E-state index in [-0.39, 0.29) is 5.91 Å². The van der Waals surface area contributed by atoms with Gasteiger partial charge in [-0.05, 0) is 26.2 Å². The van der Waals surface area contributed by atoms with Crippen molar-refractivity contribution in [2.45, 2.75) is 64.5 Å². The summed E-state index contributed by atoms with van der Waals surface area (Å²) < 4.78 is 0. The summed E-state index contributed by atoms with van der Waals surface area (Å²) in [5.41, 5.74) is 0. The van der Waals surface area contributed by atoms with Gasteiger partial charge in [-0.15, -0.1) is 0 Å². The third kappa shape index (κ3) is 6.92. The fraction of sp³-hybridized carbons (Fsp3) is 0.933. The second-order valence-corrected chi connectivity index (χ2v) is 5.79. The van der Waals surface area contributed by atoms with E-state index in [9.17, 15) is 4.79 Å². The number of hydrogen-bond donors (Lipinski definition) is 2. The third-order valence-electron chi connectivity index (χ3n) is 3.99. The topological polar surface area (TPSA) is 44.4 Å². The molecule has 4 heteroatoms. The maximum absolute atomic E-state index is 11.3. The van der Waals surface area contributed by atoms with Gasteiger partial charge in [0.1, 0.15) is 0 Å². The van der Waals surface area contributed by atoms with E-state index in [1.54, 1.807) is 7.05 Å². The largest absolute Gasteiger partial charge is 0.358 e. The standard InChI is InChI=1S/C15H31N3O/c1-4-5-6-7-13(2)17-14-8-10-18(11-9-14)12-15(19)16-3/h13-14,17H,4-12H2,1-3H3,(H,16,19). The smallest absolute Gasteiger partial charge is 0.233 e. The maximum atomic E-state index is 11.3. The predicted molar refractivity (Wildman–Crippen MR) is 80.3 cm³/mol. The molecular weight excluding hydrogens is 238 g/mol. The minimum atomic E-state index is 0.124. The highest BCUT2D eigenvalue weighted by Gasteiger charge is 2.21. The number of likely N-dealkylation sites (N-methyl/N-ethyl adjacent to an activating group) is 1. The SMILES string of the molecule is CCCCCC(C)NC1CCN(CC(=O)NC)CC1. The number of carbonyl (C=O) groups is 1. The van der Waals surface area contributed by atoms with Crippen LogP contribution in [-0.2, 0) is 4.79 Å². The van der Waals surface area contributed by atoms with Gasteiger partial charge in [-0.1, -0.05) is 26.2 Å². The van der Waals surface area contributed by atoms with Crippen molar-refractivity contribution in [1.29, 1.82) is 0 Å². The molecule has 1 saturated heterocycles. The van der Waals surface area contributed by atoms with Crippen LogP contribution >= 0.6 is 0 Å². The number of nitrogens with zero attached hydrogens (tertiary/aromatic N) is 1. The van der Waals surface area contributed by atoms with E-state index in [1.807, 2.05) is 0 Å². The highest BCUT2D eigenvalue weighted by atomic mass is 16.1. The Morgan fingerprint density at radius 1 is 1.32 bits per heavy atom. The summed E-state index contributed by atoms with van der Waals surface area (Å²) in [7, 11) is 1.70. The molecule has 0 saturated carbocycles.